The van der Waals surface area contributed by atoms with Gasteiger partial charge in [-0.3, -0.25) is 0 Å². The molecule has 0 saturated carbocycles. The molecule has 0 aromatic heterocycles. The van der Waals surface area contributed by atoms with Crippen molar-refractivity contribution in [3.05, 3.63) is 32.9 Å². The predicted octanol–water partition coefficient (Wildman–Crippen LogP) is 2.66. The zero-order valence-electron chi connectivity index (χ0n) is 7.42. The smallest absolute Gasteiger partial charge is 0.0909 e. The monoisotopic (exact) mass is 286 g/mol. The molecule has 0 aliphatic rings. The zero-order valence-corrected chi connectivity index (χ0v) is 9.58. The molecule has 68 valence electrons. The van der Waals surface area contributed by atoms with Gasteiger partial charge in [-0.15, -0.1) is 12.3 Å². The van der Waals surface area contributed by atoms with E-state index in [-0.39, 0.29) is 0 Å². The molecule has 0 bridgehead atoms. The molecule has 0 fully saturated rings. The number of aliphatic hydroxyl groups is 1. The van der Waals surface area contributed by atoms with Gasteiger partial charge in [0.15, 0.2) is 0 Å². The van der Waals surface area contributed by atoms with Gasteiger partial charge in [0.1, 0.15) is 0 Å². The third kappa shape index (κ3) is 2.45. The maximum Gasteiger partial charge on any atom is 0.0909 e. The van der Waals surface area contributed by atoms with Crippen molar-refractivity contribution in [1.29, 1.82) is 0 Å². The summed E-state index contributed by atoms with van der Waals surface area (Å²) in [5.41, 5.74) is 2.10. The van der Waals surface area contributed by atoms with Gasteiger partial charge in [-0.1, -0.05) is 18.2 Å². The van der Waals surface area contributed by atoms with Gasteiger partial charge in [0.25, 0.3) is 0 Å². The van der Waals surface area contributed by atoms with Crippen LogP contribution in [0.1, 0.15) is 23.7 Å². The fraction of sp³-hybridized carbons (Fsp3) is 0.273. The normalized spacial score (nSPS) is 12.2. The van der Waals surface area contributed by atoms with E-state index in [1.807, 2.05) is 25.1 Å². The number of halogens is 1. The van der Waals surface area contributed by atoms with Crippen LogP contribution >= 0.6 is 22.6 Å². The Hall–Kier alpha value is -0.530. The molecule has 0 radical (unpaired) electrons. The zero-order chi connectivity index (χ0) is 9.84. The number of rotatable bonds is 2. The van der Waals surface area contributed by atoms with Crippen molar-refractivity contribution >= 4 is 22.6 Å². The molecule has 0 spiro atoms. The van der Waals surface area contributed by atoms with E-state index in [4.69, 9.17) is 6.42 Å². The first-order chi connectivity index (χ1) is 6.16. The summed E-state index contributed by atoms with van der Waals surface area (Å²) in [5.74, 6) is 2.46. The van der Waals surface area contributed by atoms with Crippen molar-refractivity contribution in [2.45, 2.75) is 19.4 Å². The van der Waals surface area contributed by atoms with E-state index < -0.39 is 6.10 Å². The maximum absolute atomic E-state index is 9.68. The molecule has 13 heavy (non-hydrogen) atoms. The Balaban J connectivity index is 3.02. The summed E-state index contributed by atoms with van der Waals surface area (Å²) in [5, 5.41) is 9.68. The van der Waals surface area contributed by atoms with Crippen LogP contribution in [0.3, 0.4) is 0 Å². The number of hydrogen-bond acceptors (Lipinski definition) is 1. The number of hydrogen-bond donors (Lipinski definition) is 1. The first-order valence-electron chi connectivity index (χ1n) is 4.03. The minimum atomic E-state index is -0.531. The molecular weight excluding hydrogens is 275 g/mol. The standard InChI is InChI=1S/C11H11IO/c1-3-5-10(13)9-7-4-6-8(2)11(9)12/h1,4,6-7,10,13H,5H2,2H3. The van der Waals surface area contributed by atoms with Crippen LogP contribution in [-0.2, 0) is 0 Å². The lowest BCUT2D eigenvalue weighted by Crippen LogP contribution is -2.00. The molecule has 1 rings (SSSR count). The summed E-state index contributed by atoms with van der Waals surface area (Å²) >= 11 is 2.23. The molecule has 0 saturated heterocycles. The van der Waals surface area contributed by atoms with Gasteiger partial charge in [-0.2, -0.15) is 0 Å². The van der Waals surface area contributed by atoms with Crippen LogP contribution in [0.2, 0.25) is 0 Å². The minimum Gasteiger partial charge on any atom is -0.387 e. The number of benzene rings is 1. The fourth-order valence-electron chi connectivity index (χ4n) is 1.15. The summed E-state index contributed by atoms with van der Waals surface area (Å²) in [6, 6.07) is 5.87. The van der Waals surface area contributed by atoms with Crippen LogP contribution in [0.4, 0.5) is 0 Å². The molecule has 0 amide bonds. The Morgan fingerprint density at radius 1 is 1.62 bits per heavy atom. The van der Waals surface area contributed by atoms with Gasteiger partial charge in [0.2, 0.25) is 0 Å². The molecule has 1 nitrogen and oxygen atoms in total. The van der Waals surface area contributed by atoms with E-state index in [0.29, 0.717) is 6.42 Å². The third-order valence-electron chi connectivity index (χ3n) is 1.89. The summed E-state index contributed by atoms with van der Waals surface area (Å²) in [4.78, 5) is 0. The molecular formula is C11H11IO. The Bertz CT molecular complexity index is 338. The van der Waals surface area contributed by atoms with Crippen LogP contribution in [0.15, 0.2) is 18.2 Å². The highest BCUT2D eigenvalue weighted by molar-refractivity contribution is 14.1. The molecule has 1 unspecified atom stereocenters. The second kappa shape index (κ2) is 4.64. The largest absolute Gasteiger partial charge is 0.387 e. The van der Waals surface area contributed by atoms with E-state index >= 15 is 0 Å². The molecule has 0 heterocycles. The summed E-state index contributed by atoms with van der Waals surface area (Å²) in [6.45, 7) is 2.02. The molecule has 1 N–H and O–H groups in total. The highest BCUT2D eigenvalue weighted by Crippen LogP contribution is 2.24. The van der Waals surface area contributed by atoms with Gasteiger partial charge >= 0.3 is 0 Å². The van der Waals surface area contributed by atoms with Crippen molar-refractivity contribution in [1.82, 2.24) is 0 Å². The Kier molecular flexibility index (Phi) is 3.76. The Morgan fingerprint density at radius 3 is 2.92 bits per heavy atom. The van der Waals surface area contributed by atoms with Gasteiger partial charge < -0.3 is 5.11 Å². The van der Waals surface area contributed by atoms with Gasteiger partial charge in [-0.25, -0.2) is 0 Å². The van der Waals surface area contributed by atoms with E-state index in [1.54, 1.807) is 0 Å². The van der Waals surface area contributed by atoms with E-state index in [1.165, 1.54) is 5.56 Å². The molecule has 0 aliphatic carbocycles. The first kappa shape index (κ1) is 10.6. The van der Waals surface area contributed by atoms with Crippen LogP contribution in [-0.4, -0.2) is 5.11 Å². The SMILES string of the molecule is C#CCC(O)c1cccc(C)c1I. The van der Waals surface area contributed by atoms with Gasteiger partial charge in [0, 0.05) is 9.99 Å². The average Bonchev–Trinajstić information content (AvgIpc) is 2.10. The van der Waals surface area contributed by atoms with Crippen LogP contribution in [0, 0.1) is 22.8 Å². The van der Waals surface area contributed by atoms with Crippen LogP contribution < -0.4 is 0 Å². The Labute approximate surface area is 92.3 Å². The molecule has 1 atom stereocenters. The topological polar surface area (TPSA) is 20.2 Å². The van der Waals surface area contributed by atoms with Crippen molar-refractivity contribution in [2.24, 2.45) is 0 Å². The molecule has 1 aromatic rings. The highest BCUT2D eigenvalue weighted by atomic mass is 127. The van der Waals surface area contributed by atoms with Crippen molar-refractivity contribution in [3.8, 4) is 12.3 Å². The minimum absolute atomic E-state index is 0.374. The van der Waals surface area contributed by atoms with Gasteiger partial charge in [-0.05, 0) is 40.6 Å². The number of aliphatic hydroxyl groups excluding tert-OH is 1. The van der Waals surface area contributed by atoms with Crippen molar-refractivity contribution < 1.29 is 5.11 Å². The van der Waals surface area contributed by atoms with Crippen molar-refractivity contribution in [2.75, 3.05) is 0 Å². The summed E-state index contributed by atoms with van der Waals surface area (Å²) in [6.07, 6.45) is 4.99. The summed E-state index contributed by atoms with van der Waals surface area (Å²) in [7, 11) is 0. The first-order valence-corrected chi connectivity index (χ1v) is 5.11. The molecule has 2 heteroatoms. The van der Waals surface area contributed by atoms with Crippen molar-refractivity contribution in [3.63, 3.8) is 0 Å². The van der Waals surface area contributed by atoms with E-state index in [0.717, 1.165) is 9.13 Å². The summed E-state index contributed by atoms with van der Waals surface area (Å²) < 4.78 is 1.10. The van der Waals surface area contributed by atoms with E-state index in [2.05, 4.69) is 28.5 Å². The lowest BCUT2D eigenvalue weighted by molar-refractivity contribution is 0.183. The fourth-order valence-corrected chi connectivity index (χ4v) is 1.87. The Morgan fingerprint density at radius 2 is 2.31 bits per heavy atom. The highest BCUT2D eigenvalue weighted by Gasteiger charge is 2.10. The predicted molar refractivity (Wildman–Crippen MR) is 62.3 cm³/mol. The maximum atomic E-state index is 9.68. The lowest BCUT2D eigenvalue weighted by atomic mass is 10.0. The average molecular weight is 286 g/mol. The number of aryl methyl sites for hydroxylation is 1. The second-order valence-electron chi connectivity index (χ2n) is 2.90. The van der Waals surface area contributed by atoms with Crippen LogP contribution in [0.5, 0.6) is 0 Å². The van der Waals surface area contributed by atoms with E-state index in [9.17, 15) is 5.11 Å². The van der Waals surface area contributed by atoms with Gasteiger partial charge in [0.05, 0.1) is 6.10 Å². The quantitative estimate of drug-likeness (QED) is 0.654. The number of terminal acetylenes is 1. The third-order valence-corrected chi connectivity index (χ3v) is 3.37. The van der Waals surface area contributed by atoms with Crippen LogP contribution in [0.25, 0.3) is 0 Å². The second-order valence-corrected chi connectivity index (χ2v) is 3.98. The molecule has 1 aromatic carbocycles. The lowest BCUT2D eigenvalue weighted by Gasteiger charge is -2.11. The molecule has 0 aliphatic heterocycles.